The minimum Gasteiger partial charge on any atom is -0.496 e. The summed E-state index contributed by atoms with van der Waals surface area (Å²) in [6.07, 6.45) is 1.55. The zero-order chi connectivity index (χ0) is 29.1. The first kappa shape index (κ1) is 27.9. The number of ether oxygens (including phenoxy) is 1. The summed E-state index contributed by atoms with van der Waals surface area (Å²) in [6, 6.07) is 15.5. The SMILES string of the molecule is COc1ccccc1C1C(C#N)=C(N)N(c2nnc(SCC(=O)Nc3cccc(C(=O)O)c3)s2)C2=C1C(=O)CCC2. The largest absolute Gasteiger partial charge is 0.496 e. The van der Waals surface area contributed by atoms with Gasteiger partial charge < -0.3 is 20.9 Å². The number of rotatable bonds is 8. The number of nitrogens with one attached hydrogen (secondary N) is 1. The van der Waals surface area contributed by atoms with E-state index in [9.17, 15) is 19.6 Å². The van der Waals surface area contributed by atoms with Crippen LogP contribution in [0.5, 0.6) is 5.75 Å². The van der Waals surface area contributed by atoms with Gasteiger partial charge in [-0.25, -0.2) is 4.79 Å². The fourth-order valence-corrected chi connectivity index (χ4v) is 6.61. The van der Waals surface area contributed by atoms with Crippen LogP contribution in [-0.4, -0.2) is 45.8 Å². The Morgan fingerprint density at radius 1 is 1.24 bits per heavy atom. The highest BCUT2D eigenvalue weighted by molar-refractivity contribution is 8.01. The number of benzene rings is 2. The lowest BCUT2D eigenvalue weighted by Crippen LogP contribution is -2.38. The van der Waals surface area contributed by atoms with Gasteiger partial charge in [-0.05, 0) is 37.1 Å². The van der Waals surface area contributed by atoms with E-state index in [1.165, 1.54) is 23.5 Å². The summed E-state index contributed by atoms with van der Waals surface area (Å²) < 4.78 is 6.04. The molecule has 41 heavy (non-hydrogen) atoms. The number of nitriles is 1. The van der Waals surface area contributed by atoms with Crippen LogP contribution in [0.2, 0.25) is 0 Å². The molecular formula is C28H24N6O5S2. The fourth-order valence-electron chi connectivity index (χ4n) is 4.93. The lowest BCUT2D eigenvalue weighted by atomic mass is 9.75. The molecule has 0 saturated carbocycles. The van der Waals surface area contributed by atoms with Crippen LogP contribution in [0.4, 0.5) is 10.8 Å². The zero-order valence-corrected chi connectivity index (χ0v) is 23.4. The van der Waals surface area contributed by atoms with Crippen LogP contribution in [0.25, 0.3) is 0 Å². The van der Waals surface area contributed by atoms with Gasteiger partial charge >= 0.3 is 5.97 Å². The van der Waals surface area contributed by atoms with E-state index < -0.39 is 11.9 Å². The smallest absolute Gasteiger partial charge is 0.335 e. The van der Waals surface area contributed by atoms with Crippen LogP contribution >= 0.6 is 23.1 Å². The summed E-state index contributed by atoms with van der Waals surface area (Å²) in [5.74, 6) is -1.44. The summed E-state index contributed by atoms with van der Waals surface area (Å²) in [6.45, 7) is 0. The van der Waals surface area contributed by atoms with Crippen molar-refractivity contribution >= 4 is 51.6 Å². The number of anilines is 2. The van der Waals surface area contributed by atoms with Crippen molar-refractivity contribution in [2.45, 2.75) is 29.5 Å². The lowest BCUT2D eigenvalue weighted by Gasteiger charge is -2.38. The van der Waals surface area contributed by atoms with Crippen molar-refractivity contribution in [3.05, 3.63) is 82.3 Å². The van der Waals surface area contributed by atoms with Crippen molar-refractivity contribution in [2.75, 3.05) is 23.1 Å². The van der Waals surface area contributed by atoms with Gasteiger partial charge in [0.1, 0.15) is 11.6 Å². The van der Waals surface area contributed by atoms with E-state index in [4.69, 9.17) is 15.6 Å². The first-order valence-electron chi connectivity index (χ1n) is 12.5. The van der Waals surface area contributed by atoms with Crippen molar-refractivity contribution in [1.29, 1.82) is 5.26 Å². The Morgan fingerprint density at radius 3 is 2.80 bits per heavy atom. The molecule has 208 valence electrons. The van der Waals surface area contributed by atoms with Gasteiger partial charge in [-0.1, -0.05) is 47.4 Å². The van der Waals surface area contributed by atoms with Gasteiger partial charge in [0.25, 0.3) is 0 Å². The maximum atomic E-state index is 13.3. The Hall–Kier alpha value is -4.67. The number of allylic oxidation sites excluding steroid dienone is 3. The Morgan fingerprint density at radius 2 is 2.05 bits per heavy atom. The summed E-state index contributed by atoms with van der Waals surface area (Å²) >= 11 is 2.34. The maximum absolute atomic E-state index is 13.3. The highest BCUT2D eigenvalue weighted by Gasteiger charge is 2.42. The van der Waals surface area contributed by atoms with Crippen LogP contribution in [0.1, 0.15) is 41.1 Å². The second-order valence-electron chi connectivity index (χ2n) is 9.13. The number of carboxylic acid groups (broad SMARTS) is 1. The molecule has 2 aliphatic rings. The zero-order valence-electron chi connectivity index (χ0n) is 21.8. The second-order valence-corrected chi connectivity index (χ2v) is 11.3. The van der Waals surface area contributed by atoms with Crippen molar-refractivity contribution in [2.24, 2.45) is 5.73 Å². The third-order valence-corrected chi connectivity index (χ3v) is 8.71. The number of Topliss-reactive ketones (excluding diaryl/α,β-unsaturated/α-hetero) is 1. The van der Waals surface area contributed by atoms with Crippen LogP contribution < -0.4 is 20.7 Å². The first-order chi connectivity index (χ1) is 19.8. The fraction of sp³-hybridized carbons (Fsp3) is 0.214. The predicted molar refractivity (Wildman–Crippen MR) is 154 cm³/mol. The molecule has 1 unspecified atom stereocenters. The highest BCUT2D eigenvalue weighted by atomic mass is 32.2. The quantitative estimate of drug-likeness (QED) is 0.321. The van der Waals surface area contributed by atoms with Gasteiger partial charge in [-0.2, -0.15) is 5.26 Å². The van der Waals surface area contributed by atoms with E-state index in [-0.39, 0.29) is 34.4 Å². The van der Waals surface area contributed by atoms with Gasteiger partial charge in [-0.15, -0.1) is 10.2 Å². The number of carbonyl (C=O) groups is 3. The topological polar surface area (TPSA) is 172 Å². The molecule has 2 heterocycles. The number of thioether (sulfide) groups is 1. The normalized spacial score (nSPS) is 16.7. The van der Waals surface area contributed by atoms with E-state index in [1.807, 2.05) is 18.2 Å². The number of carboxylic acids is 1. The maximum Gasteiger partial charge on any atom is 0.335 e. The number of para-hydroxylation sites is 1. The number of methoxy groups -OCH3 is 1. The average molecular weight is 589 g/mol. The standard InChI is InChI=1S/C28H24N6O5S2/c1-39-21-11-3-2-8-17(21)23-18(13-29)25(30)34(19-9-5-10-20(35)24(19)23)27-32-33-28(41-27)40-14-22(36)31-16-7-4-6-15(12-16)26(37)38/h2-4,6-8,11-12,23H,5,9-10,14,30H2,1H3,(H,31,36)(H,37,38). The predicted octanol–water partition coefficient (Wildman–Crippen LogP) is 4.28. The molecule has 1 atom stereocenters. The monoisotopic (exact) mass is 588 g/mol. The number of hydrogen-bond acceptors (Lipinski definition) is 11. The van der Waals surface area contributed by atoms with Crippen molar-refractivity contribution < 1.29 is 24.2 Å². The third kappa shape index (κ3) is 5.52. The van der Waals surface area contributed by atoms with E-state index in [2.05, 4.69) is 21.6 Å². The highest BCUT2D eigenvalue weighted by Crippen LogP contribution is 2.48. The van der Waals surface area contributed by atoms with Gasteiger partial charge in [0.2, 0.25) is 11.0 Å². The molecule has 1 aromatic heterocycles. The van der Waals surface area contributed by atoms with Crippen molar-refractivity contribution in [1.82, 2.24) is 10.2 Å². The number of hydrogen-bond donors (Lipinski definition) is 3. The van der Waals surface area contributed by atoms with Gasteiger partial charge in [-0.3, -0.25) is 14.5 Å². The number of amides is 1. The molecule has 1 aliphatic heterocycles. The van der Waals surface area contributed by atoms with Crippen molar-refractivity contribution in [3.8, 4) is 11.8 Å². The summed E-state index contributed by atoms with van der Waals surface area (Å²) in [4.78, 5) is 38.7. The molecule has 1 amide bonds. The van der Waals surface area contributed by atoms with Gasteiger partial charge in [0.05, 0.1) is 36.0 Å². The number of nitrogens with two attached hydrogens (primary N) is 1. The number of aromatic carboxylic acids is 1. The van der Waals surface area contributed by atoms with E-state index in [1.54, 1.807) is 30.2 Å². The number of carbonyl (C=O) groups excluding carboxylic acids is 2. The second kappa shape index (κ2) is 11.8. The molecule has 0 spiro atoms. The van der Waals surface area contributed by atoms with Crippen LogP contribution in [0.3, 0.4) is 0 Å². The van der Waals surface area contributed by atoms with Crippen LogP contribution in [-0.2, 0) is 9.59 Å². The minimum atomic E-state index is -1.09. The van der Waals surface area contributed by atoms with E-state index >= 15 is 0 Å². The average Bonchev–Trinajstić information content (AvgIpc) is 3.44. The molecule has 0 bridgehead atoms. The summed E-state index contributed by atoms with van der Waals surface area (Å²) in [7, 11) is 1.54. The van der Waals surface area contributed by atoms with Crippen LogP contribution in [0.15, 0.2) is 75.5 Å². The Kier molecular flexibility index (Phi) is 8.04. The van der Waals surface area contributed by atoms with Gasteiger partial charge in [0.15, 0.2) is 10.1 Å². The molecule has 13 heteroatoms. The molecule has 0 saturated heterocycles. The Labute approximate surface area is 243 Å². The number of ketones is 1. The lowest BCUT2D eigenvalue weighted by molar-refractivity contribution is -0.116. The molecule has 2 aromatic carbocycles. The van der Waals surface area contributed by atoms with Gasteiger partial charge in [0, 0.05) is 28.9 Å². The van der Waals surface area contributed by atoms with Crippen LogP contribution in [0, 0.1) is 11.3 Å². The molecule has 5 rings (SSSR count). The first-order valence-corrected chi connectivity index (χ1v) is 14.3. The molecule has 11 nitrogen and oxygen atoms in total. The molecular weight excluding hydrogens is 564 g/mol. The molecule has 3 aromatic rings. The Balaban J connectivity index is 1.41. The third-order valence-electron chi connectivity index (χ3n) is 6.67. The van der Waals surface area contributed by atoms with E-state index in [0.717, 1.165) is 11.8 Å². The van der Waals surface area contributed by atoms with E-state index in [0.29, 0.717) is 57.0 Å². The molecule has 1 aliphatic carbocycles. The Bertz CT molecular complexity index is 1660. The molecule has 4 N–H and O–H groups in total. The number of aromatic nitrogens is 2. The number of nitrogens with zero attached hydrogens (tertiary/aromatic N) is 4. The summed E-state index contributed by atoms with van der Waals surface area (Å²) in [5.41, 5.74) is 9.13. The molecule has 0 fully saturated rings. The minimum absolute atomic E-state index is 0.00298. The molecule has 0 radical (unpaired) electrons. The van der Waals surface area contributed by atoms with Crippen molar-refractivity contribution in [3.63, 3.8) is 0 Å². The summed E-state index contributed by atoms with van der Waals surface area (Å²) in [5, 5.41) is 30.9.